The molecule has 0 spiro atoms. The molecule has 0 fully saturated rings. The maximum atomic E-state index is 6.57. The fourth-order valence-corrected chi connectivity index (χ4v) is 9.32. The average Bonchev–Trinajstić information content (AvgIpc) is 3.80. The Balaban J connectivity index is 1.12. The van der Waals surface area contributed by atoms with E-state index >= 15 is 0 Å². The minimum atomic E-state index is 0.918. The molecule has 0 aliphatic rings. The van der Waals surface area contributed by atoms with Crippen LogP contribution in [0.15, 0.2) is 192 Å². The Morgan fingerprint density at radius 2 is 1.11 bits per heavy atom. The largest absolute Gasteiger partial charge is 0.455 e. The second-order valence-electron chi connectivity index (χ2n) is 13.7. The molecule has 2 aromatic heterocycles. The van der Waals surface area contributed by atoms with E-state index in [1.807, 2.05) is 17.4 Å². The van der Waals surface area contributed by atoms with Gasteiger partial charge in [0.2, 0.25) is 0 Å². The highest BCUT2D eigenvalue weighted by Crippen LogP contribution is 2.48. The highest BCUT2D eigenvalue weighted by Gasteiger charge is 2.21. The number of benzene rings is 9. The number of hydrogen-bond acceptors (Lipinski definition) is 3. The van der Waals surface area contributed by atoms with Crippen LogP contribution in [0.1, 0.15) is 0 Å². The summed E-state index contributed by atoms with van der Waals surface area (Å²) in [4.78, 5) is 2.41. The number of para-hydroxylation sites is 1. The van der Waals surface area contributed by atoms with E-state index in [1.54, 1.807) is 0 Å². The Morgan fingerprint density at radius 1 is 0.415 bits per heavy atom. The summed E-state index contributed by atoms with van der Waals surface area (Å²) in [6, 6.07) is 68.0. The maximum absolute atomic E-state index is 6.57. The second-order valence-corrected chi connectivity index (χ2v) is 14.7. The lowest BCUT2D eigenvalue weighted by Crippen LogP contribution is -2.10. The van der Waals surface area contributed by atoms with Crippen LogP contribution in [0.2, 0.25) is 0 Å². The fourth-order valence-electron chi connectivity index (χ4n) is 8.11. The molecule has 2 heterocycles. The van der Waals surface area contributed by atoms with Crippen molar-refractivity contribution in [3.63, 3.8) is 0 Å². The summed E-state index contributed by atoms with van der Waals surface area (Å²) in [5.41, 5.74) is 10.0. The van der Waals surface area contributed by atoms with E-state index in [0.717, 1.165) is 39.0 Å². The third-order valence-corrected chi connectivity index (χ3v) is 11.8. The van der Waals surface area contributed by atoms with Gasteiger partial charge in [0.05, 0.1) is 10.4 Å². The SMILES string of the molecule is c1cc(-c2cc3c4ccccc4oc3c3sc4ccccc4c23)cc(N(c2ccc(-c3ccc4ccccc4c3)cc2)c2cccc3ccccc23)c1. The smallest absolute Gasteiger partial charge is 0.153 e. The topological polar surface area (TPSA) is 16.4 Å². The van der Waals surface area contributed by atoms with Crippen molar-refractivity contribution in [1.82, 2.24) is 0 Å². The number of fused-ring (bicyclic) bond motifs is 9. The molecule has 248 valence electrons. The maximum Gasteiger partial charge on any atom is 0.153 e. The highest BCUT2D eigenvalue weighted by molar-refractivity contribution is 7.26. The summed E-state index contributed by atoms with van der Waals surface area (Å²) in [6.45, 7) is 0. The molecule has 53 heavy (non-hydrogen) atoms. The zero-order valence-electron chi connectivity index (χ0n) is 28.7. The Morgan fingerprint density at radius 3 is 2.00 bits per heavy atom. The van der Waals surface area contributed by atoms with E-state index in [4.69, 9.17) is 4.42 Å². The first-order valence-electron chi connectivity index (χ1n) is 18.0. The molecule has 9 aromatic carbocycles. The summed E-state index contributed by atoms with van der Waals surface area (Å²) in [7, 11) is 0. The van der Waals surface area contributed by atoms with E-state index in [0.29, 0.717) is 0 Å². The van der Waals surface area contributed by atoms with Gasteiger partial charge in [-0.15, -0.1) is 11.3 Å². The fraction of sp³-hybridized carbons (Fsp3) is 0. The third kappa shape index (κ3) is 4.86. The standard InChI is InChI=1S/C50H31NOS/c1-2-13-35-29-36(24-23-32(35)11-1)33-25-27-38(28-26-33)51(45-20-10-14-34-12-3-4-17-40(34)45)39-16-9-15-37(30-39)43-31-44-41-18-5-7-21-46(41)52-49(44)50-48(43)42-19-6-8-22-47(42)53-50/h1-31H. The van der Waals surface area contributed by atoms with Gasteiger partial charge in [-0.3, -0.25) is 0 Å². The van der Waals surface area contributed by atoms with Gasteiger partial charge in [-0.2, -0.15) is 0 Å². The van der Waals surface area contributed by atoms with Crippen LogP contribution in [0.3, 0.4) is 0 Å². The molecule has 0 N–H and O–H groups in total. The van der Waals surface area contributed by atoms with Gasteiger partial charge in [0.25, 0.3) is 0 Å². The minimum absolute atomic E-state index is 0.918. The summed E-state index contributed by atoms with van der Waals surface area (Å²) >= 11 is 1.82. The number of hydrogen-bond donors (Lipinski definition) is 0. The lowest BCUT2D eigenvalue weighted by Gasteiger charge is -2.27. The van der Waals surface area contributed by atoms with Gasteiger partial charge < -0.3 is 9.32 Å². The molecule has 0 unspecified atom stereocenters. The van der Waals surface area contributed by atoms with Crippen molar-refractivity contribution in [3.05, 3.63) is 188 Å². The number of anilines is 3. The second kappa shape index (κ2) is 11.9. The molecule has 0 amide bonds. The Kier molecular flexibility index (Phi) is 6.76. The summed E-state index contributed by atoms with van der Waals surface area (Å²) in [5.74, 6) is 0. The predicted molar refractivity (Wildman–Crippen MR) is 227 cm³/mol. The molecule has 0 aliphatic heterocycles. The Hall–Kier alpha value is -6.68. The van der Waals surface area contributed by atoms with Crippen molar-refractivity contribution in [2.24, 2.45) is 0 Å². The van der Waals surface area contributed by atoms with Crippen molar-refractivity contribution in [1.29, 1.82) is 0 Å². The van der Waals surface area contributed by atoms with E-state index in [-0.39, 0.29) is 0 Å². The molecule has 11 aromatic rings. The first-order chi connectivity index (χ1) is 26.3. The monoisotopic (exact) mass is 693 g/mol. The van der Waals surface area contributed by atoms with E-state index in [2.05, 4.69) is 187 Å². The average molecular weight is 694 g/mol. The van der Waals surface area contributed by atoms with Crippen LogP contribution in [0.5, 0.6) is 0 Å². The zero-order chi connectivity index (χ0) is 34.9. The molecule has 0 bridgehead atoms. The number of furan rings is 1. The molecule has 0 aliphatic carbocycles. The summed E-state index contributed by atoms with van der Waals surface area (Å²) < 4.78 is 9.02. The molecule has 11 rings (SSSR count). The molecule has 0 saturated carbocycles. The number of rotatable bonds is 5. The number of nitrogens with zero attached hydrogens (tertiary/aromatic N) is 1. The molecule has 0 atom stereocenters. The summed E-state index contributed by atoms with van der Waals surface area (Å²) in [6.07, 6.45) is 0. The van der Waals surface area contributed by atoms with E-state index in [1.165, 1.54) is 64.0 Å². The van der Waals surface area contributed by atoms with Crippen LogP contribution in [-0.2, 0) is 0 Å². The van der Waals surface area contributed by atoms with Gasteiger partial charge in [-0.1, -0.05) is 133 Å². The molecule has 3 heteroatoms. The lowest BCUT2D eigenvalue weighted by atomic mass is 9.96. The van der Waals surface area contributed by atoms with Crippen molar-refractivity contribution in [2.45, 2.75) is 0 Å². The van der Waals surface area contributed by atoms with Crippen LogP contribution in [0.4, 0.5) is 17.1 Å². The Bertz CT molecular complexity index is 3180. The quantitative estimate of drug-likeness (QED) is 0.178. The van der Waals surface area contributed by atoms with Crippen LogP contribution in [0, 0.1) is 0 Å². The molecular weight excluding hydrogens is 663 g/mol. The van der Waals surface area contributed by atoms with Crippen LogP contribution in [-0.4, -0.2) is 0 Å². The van der Waals surface area contributed by atoms with Crippen LogP contribution < -0.4 is 4.90 Å². The lowest BCUT2D eigenvalue weighted by molar-refractivity contribution is 0.673. The van der Waals surface area contributed by atoms with Crippen molar-refractivity contribution < 1.29 is 4.42 Å². The first-order valence-corrected chi connectivity index (χ1v) is 18.8. The van der Waals surface area contributed by atoms with Gasteiger partial charge in [0, 0.05) is 43.0 Å². The van der Waals surface area contributed by atoms with Gasteiger partial charge in [0.1, 0.15) is 5.58 Å². The van der Waals surface area contributed by atoms with Gasteiger partial charge in [0.15, 0.2) is 5.58 Å². The normalized spacial score (nSPS) is 11.8. The molecule has 2 nitrogen and oxygen atoms in total. The third-order valence-electron chi connectivity index (χ3n) is 10.6. The first kappa shape index (κ1) is 30.0. The highest BCUT2D eigenvalue weighted by atomic mass is 32.1. The van der Waals surface area contributed by atoms with E-state index in [9.17, 15) is 0 Å². The van der Waals surface area contributed by atoms with Crippen LogP contribution in [0.25, 0.3) is 85.9 Å². The van der Waals surface area contributed by atoms with Crippen molar-refractivity contribution in [2.75, 3.05) is 4.90 Å². The minimum Gasteiger partial charge on any atom is -0.455 e. The molecule has 0 saturated heterocycles. The van der Waals surface area contributed by atoms with Gasteiger partial charge in [-0.05, 0) is 93.0 Å². The van der Waals surface area contributed by atoms with Crippen molar-refractivity contribution >= 4 is 92.1 Å². The van der Waals surface area contributed by atoms with Crippen molar-refractivity contribution in [3.8, 4) is 22.3 Å². The van der Waals surface area contributed by atoms with Gasteiger partial charge >= 0.3 is 0 Å². The van der Waals surface area contributed by atoms with Crippen LogP contribution >= 0.6 is 11.3 Å². The molecule has 0 radical (unpaired) electrons. The Labute approximate surface area is 310 Å². The summed E-state index contributed by atoms with van der Waals surface area (Å²) in [5, 5.41) is 9.70. The van der Waals surface area contributed by atoms with E-state index < -0.39 is 0 Å². The predicted octanol–water partition coefficient (Wildman–Crippen LogP) is 15.1. The zero-order valence-corrected chi connectivity index (χ0v) is 29.5. The van der Waals surface area contributed by atoms with Gasteiger partial charge in [-0.25, -0.2) is 0 Å². The molecular formula is C50H31NOS. The number of thiophene rings is 1.